The Balaban J connectivity index is 1.42. The molecule has 0 aromatic heterocycles. The summed E-state index contributed by atoms with van der Waals surface area (Å²) in [7, 11) is 0. The van der Waals surface area contributed by atoms with Crippen LogP contribution in [0.15, 0.2) is 0 Å². The number of rotatable bonds is 7. The Kier molecular flexibility index (Phi) is 3.83. The van der Waals surface area contributed by atoms with Crippen LogP contribution in [0.3, 0.4) is 0 Å². The minimum atomic E-state index is 0.0924. The first-order chi connectivity index (χ1) is 7.36. The molecule has 1 saturated heterocycles. The first-order valence-electron chi connectivity index (χ1n) is 6.10. The molecule has 0 radical (unpaired) electrons. The van der Waals surface area contributed by atoms with Crippen LogP contribution in [0.25, 0.3) is 0 Å². The molecule has 2 fully saturated rings. The summed E-state index contributed by atoms with van der Waals surface area (Å²) in [6.45, 7) is 4.54. The quantitative estimate of drug-likeness (QED) is 0.612. The van der Waals surface area contributed by atoms with Crippen molar-refractivity contribution in [2.24, 2.45) is 5.92 Å². The Morgan fingerprint density at radius 2 is 2.27 bits per heavy atom. The molecule has 0 unspecified atom stereocenters. The molecule has 15 heavy (non-hydrogen) atoms. The van der Waals surface area contributed by atoms with E-state index in [-0.39, 0.29) is 6.03 Å². The number of carbonyl (C=O) groups is 1. The van der Waals surface area contributed by atoms with Crippen molar-refractivity contribution in [3.8, 4) is 0 Å². The van der Waals surface area contributed by atoms with Gasteiger partial charge >= 0.3 is 6.03 Å². The van der Waals surface area contributed by atoms with Crippen LogP contribution in [0, 0.1) is 5.92 Å². The van der Waals surface area contributed by atoms with Gasteiger partial charge in [-0.05, 0) is 25.3 Å². The zero-order valence-electron chi connectivity index (χ0n) is 9.30. The van der Waals surface area contributed by atoms with Crippen LogP contribution < -0.4 is 10.6 Å². The number of nitrogens with zero attached hydrogens (tertiary/aromatic N) is 1. The molecule has 2 amide bonds. The van der Waals surface area contributed by atoms with Crippen LogP contribution in [0.4, 0.5) is 4.79 Å². The van der Waals surface area contributed by atoms with E-state index in [0.717, 1.165) is 38.6 Å². The number of carbonyl (C=O) groups excluding carboxylic acids is 1. The molecule has 86 valence electrons. The van der Waals surface area contributed by atoms with Gasteiger partial charge in [-0.1, -0.05) is 12.8 Å². The molecule has 4 heteroatoms. The average molecular weight is 211 g/mol. The molecule has 0 aromatic rings. The van der Waals surface area contributed by atoms with Gasteiger partial charge in [0.2, 0.25) is 0 Å². The van der Waals surface area contributed by atoms with Crippen molar-refractivity contribution in [2.75, 3.05) is 32.7 Å². The van der Waals surface area contributed by atoms with E-state index >= 15 is 0 Å². The second-order valence-corrected chi connectivity index (χ2v) is 4.55. The Morgan fingerprint density at radius 1 is 1.40 bits per heavy atom. The van der Waals surface area contributed by atoms with Crippen LogP contribution in [-0.4, -0.2) is 43.7 Å². The molecule has 1 heterocycles. The number of urea groups is 1. The summed E-state index contributed by atoms with van der Waals surface area (Å²) in [6.07, 6.45) is 5.58. The van der Waals surface area contributed by atoms with E-state index < -0.39 is 0 Å². The first kappa shape index (κ1) is 10.7. The van der Waals surface area contributed by atoms with Crippen molar-refractivity contribution in [2.45, 2.75) is 25.7 Å². The summed E-state index contributed by atoms with van der Waals surface area (Å²) in [5, 5.41) is 6.20. The van der Waals surface area contributed by atoms with Gasteiger partial charge in [0.15, 0.2) is 0 Å². The Bertz CT molecular complexity index is 216. The fraction of sp³-hybridized carbons (Fsp3) is 0.909. The molecule has 1 aliphatic heterocycles. The van der Waals surface area contributed by atoms with E-state index in [1.165, 1.54) is 25.7 Å². The molecule has 0 aromatic carbocycles. The largest absolute Gasteiger partial charge is 0.336 e. The molecule has 2 N–H and O–H groups in total. The van der Waals surface area contributed by atoms with E-state index in [1.54, 1.807) is 0 Å². The van der Waals surface area contributed by atoms with Crippen molar-refractivity contribution >= 4 is 6.03 Å². The highest BCUT2D eigenvalue weighted by molar-refractivity contribution is 5.76. The van der Waals surface area contributed by atoms with Gasteiger partial charge < -0.3 is 15.5 Å². The lowest BCUT2D eigenvalue weighted by molar-refractivity contribution is 0.217. The highest BCUT2D eigenvalue weighted by atomic mass is 16.2. The fourth-order valence-electron chi connectivity index (χ4n) is 1.99. The normalized spacial score (nSPS) is 20.8. The monoisotopic (exact) mass is 211 g/mol. The van der Waals surface area contributed by atoms with Gasteiger partial charge in [-0.3, -0.25) is 0 Å². The summed E-state index contributed by atoms with van der Waals surface area (Å²) in [5.74, 6) is 1.04. The molecule has 4 nitrogen and oxygen atoms in total. The van der Waals surface area contributed by atoms with Gasteiger partial charge in [-0.15, -0.1) is 0 Å². The van der Waals surface area contributed by atoms with Gasteiger partial charge in [-0.2, -0.15) is 0 Å². The lowest BCUT2D eigenvalue weighted by atomic mass is 10.2. The zero-order chi connectivity index (χ0) is 10.5. The number of hydrogen-bond acceptors (Lipinski definition) is 2. The van der Waals surface area contributed by atoms with Gasteiger partial charge in [0, 0.05) is 26.2 Å². The van der Waals surface area contributed by atoms with E-state index in [1.807, 2.05) is 4.90 Å². The maximum Gasteiger partial charge on any atom is 0.317 e. The second-order valence-electron chi connectivity index (χ2n) is 4.55. The highest BCUT2D eigenvalue weighted by Gasteiger charge is 2.20. The number of hydrogen-bond donors (Lipinski definition) is 2. The van der Waals surface area contributed by atoms with Gasteiger partial charge in [-0.25, -0.2) is 4.79 Å². The first-order valence-corrected chi connectivity index (χ1v) is 6.10. The summed E-state index contributed by atoms with van der Waals surface area (Å²) in [6, 6.07) is 0.0924. The zero-order valence-corrected chi connectivity index (χ0v) is 9.30. The van der Waals surface area contributed by atoms with E-state index in [4.69, 9.17) is 0 Å². The van der Waals surface area contributed by atoms with E-state index in [0.29, 0.717) is 0 Å². The molecular weight excluding hydrogens is 190 g/mol. The lowest BCUT2D eigenvalue weighted by Crippen LogP contribution is -2.34. The topological polar surface area (TPSA) is 44.4 Å². The van der Waals surface area contributed by atoms with Crippen molar-refractivity contribution in [1.82, 2.24) is 15.5 Å². The fourth-order valence-corrected chi connectivity index (χ4v) is 1.99. The van der Waals surface area contributed by atoms with Gasteiger partial charge in [0.25, 0.3) is 0 Å². The summed E-state index contributed by atoms with van der Waals surface area (Å²) in [4.78, 5) is 13.0. The van der Waals surface area contributed by atoms with Crippen molar-refractivity contribution in [3.63, 3.8) is 0 Å². The summed E-state index contributed by atoms with van der Waals surface area (Å²) >= 11 is 0. The Morgan fingerprint density at radius 3 is 2.93 bits per heavy atom. The smallest absolute Gasteiger partial charge is 0.317 e. The Labute approximate surface area is 91.4 Å². The van der Waals surface area contributed by atoms with Crippen molar-refractivity contribution < 1.29 is 4.79 Å². The van der Waals surface area contributed by atoms with Gasteiger partial charge in [0.1, 0.15) is 0 Å². The molecular formula is C11H21N3O. The SMILES string of the molecule is O=C1NCCN1CCNCCCC1CC1. The molecule has 2 aliphatic rings. The third-order valence-electron chi connectivity index (χ3n) is 3.17. The summed E-state index contributed by atoms with van der Waals surface area (Å²) in [5.41, 5.74) is 0. The predicted octanol–water partition coefficient (Wildman–Crippen LogP) is 0.791. The molecule has 1 saturated carbocycles. The lowest BCUT2D eigenvalue weighted by Gasteiger charge is -2.14. The predicted molar refractivity (Wildman–Crippen MR) is 59.8 cm³/mol. The maximum atomic E-state index is 11.2. The molecule has 0 atom stereocenters. The minimum absolute atomic E-state index is 0.0924. The third-order valence-corrected chi connectivity index (χ3v) is 3.17. The van der Waals surface area contributed by atoms with Crippen molar-refractivity contribution in [1.29, 1.82) is 0 Å². The van der Waals surface area contributed by atoms with Crippen LogP contribution in [-0.2, 0) is 0 Å². The third kappa shape index (κ3) is 3.70. The molecule has 1 aliphatic carbocycles. The van der Waals surface area contributed by atoms with Gasteiger partial charge in [0.05, 0.1) is 0 Å². The van der Waals surface area contributed by atoms with Crippen LogP contribution in [0.2, 0.25) is 0 Å². The van der Waals surface area contributed by atoms with Crippen LogP contribution >= 0.6 is 0 Å². The minimum Gasteiger partial charge on any atom is -0.336 e. The van der Waals surface area contributed by atoms with Crippen molar-refractivity contribution in [3.05, 3.63) is 0 Å². The maximum absolute atomic E-state index is 11.2. The molecule has 0 bridgehead atoms. The highest BCUT2D eigenvalue weighted by Crippen LogP contribution is 2.33. The standard InChI is InChI=1S/C11H21N3O/c15-11-13-7-9-14(11)8-6-12-5-1-2-10-3-4-10/h10,12H,1-9H2,(H,13,15). The average Bonchev–Trinajstić information content (AvgIpc) is 2.96. The van der Waals surface area contributed by atoms with Crippen LogP contribution in [0.5, 0.6) is 0 Å². The van der Waals surface area contributed by atoms with Crippen LogP contribution in [0.1, 0.15) is 25.7 Å². The van der Waals surface area contributed by atoms with E-state index in [2.05, 4.69) is 10.6 Å². The number of nitrogens with one attached hydrogen (secondary N) is 2. The number of amides is 2. The van der Waals surface area contributed by atoms with E-state index in [9.17, 15) is 4.79 Å². The second kappa shape index (κ2) is 5.35. The Hall–Kier alpha value is -0.770. The summed E-state index contributed by atoms with van der Waals surface area (Å²) < 4.78 is 0. The molecule has 0 spiro atoms. The molecule has 2 rings (SSSR count).